The van der Waals surface area contributed by atoms with E-state index in [1.54, 1.807) is 50.2 Å². The molecule has 2 amide bonds. The van der Waals surface area contributed by atoms with E-state index in [0.717, 1.165) is 22.3 Å². The molecule has 0 saturated carbocycles. The highest BCUT2D eigenvalue weighted by atomic mass is 32.2. The lowest BCUT2D eigenvalue weighted by atomic mass is 10.1. The fraction of sp³-hybridized carbons (Fsp3) is 0.138. The summed E-state index contributed by atoms with van der Waals surface area (Å²) in [5.74, 6) is -0.199. The highest BCUT2D eigenvalue weighted by Crippen LogP contribution is 2.30. The van der Waals surface area contributed by atoms with Gasteiger partial charge in [0, 0.05) is 0 Å². The first kappa shape index (κ1) is 28.7. The number of benzene rings is 4. The van der Waals surface area contributed by atoms with Gasteiger partial charge in [-0.25, -0.2) is 4.79 Å². The van der Waals surface area contributed by atoms with Crippen LogP contribution in [0.3, 0.4) is 0 Å². The lowest BCUT2D eigenvalue weighted by Crippen LogP contribution is -2.21. The Kier molecular flexibility index (Phi) is 8.17. The minimum absolute atomic E-state index is 0.0223. The largest absolute Gasteiger partial charge is 0.377 e. The lowest BCUT2D eigenvalue weighted by Gasteiger charge is -2.15. The van der Waals surface area contributed by atoms with Gasteiger partial charge in [-0.3, -0.25) is 0 Å². The quantitative estimate of drug-likeness (QED) is 0.241. The Balaban J connectivity index is 1.52. The van der Waals surface area contributed by atoms with Crippen LogP contribution in [0, 0.1) is 27.7 Å². The van der Waals surface area contributed by atoms with Crippen LogP contribution in [0.25, 0.3) is 0 Å². The van der Waals surface area contributed by atoms with E-state index < -0.39 is 26.3 Å². The van der Waals surface area contributed by atoms with E-state index in [4.69, 9.17) is 8.37 Å². The zero-order chi connectivity index (χ0) is 29.1. The van der Waals surface area contributed by atoms with Crippen molar-refractivity contribution in [3.05, 3.63) is 107 Å². The normalized spacial score (nSPS) is 11.5. The third-order valence-corrected chi connectivity index (χ3v) is 8.66. The summed E-state index contributed by atoms with van der Waals surface area (Å²) in [6, 6.07) is 20.6. The zero-order valence-corrected chi connectivity index (χ0v) is 23.9. The van der Waals surface area contributed by atoms with Gasteiger partial charge in [-0.2, -0.15) is 16.8 Å². The number of aryl methyl sites for hydroxylation is 4. The number of hydrogen-bond acceptors (Lipinski definition) is 7. The Morgan fingerprint density at radius 2 is 0.925 bits per heavy atom. The van der Waals surface area contributed by atoms with Crippen molar-refractivity contribution in [1.29, 1.82) is 0 Å². The average Bonchev–Trinajstić information content (AvgIpc) is 2.89. The standard InChI is InChI=1S/C29H28N2O7S2/c1-19-13-15-23(17-21(19)3)39(33,34)37-27-11-7-5-9-25(27)30-29(32)31-26-10-6-8-12-28(26)38-40(35,36)24-16-14-20(2)22(4)18-24/h5-18H,1-4H3,(H2,30,31,32). The van der Waals surface area contributed by atoms with Crippen molar-refractivity contribution in [1.82, 2.24) is 0 Å². The number of anilines is 2. The maximum Gasteiger partial charge on any atom is 0.339 e. The molecule has 0 radical (unpaired) electrons. The highest BCUT2D eigenvalue weighted by Gasteiger charge is 2.22. The minimum atomic E-state index is -4.19. The molecule has 4 aromatic rings. The number of rotatable bonds is 8. The Morgan fingerprint density at radius 3 is 1.30 bits per heavy atom. The van der Waals surface area contributed by atoms with Crippen LogP contribution in [0.15, 0.2) is 94.7 Å². The molecule has 0 aliphatic heterocycles. The van der Waals surface area contributed by atoms with Crippen molar-refractivity contribution in [2.45, 2.75) is 37.5 Å². The van der Waals surface area contributed by atoms with Crippen LogP contribution >= 0.6 is 0 Å². The first-order valence-corrected chi connectivity index (χ1v) is 15.0. The van der Waals surface area contributed by atoms with Crippen LogP contribution in [-0.4, -0.2) is 22.9 Å². The molecular weight excluding hydrogens is 552 g/mol. The van der Waals surface area contributed by atoms with Crippen LogP contribution in [0.1, 0.15) is 22.3 Å². The van der Waals surface area contributed by atoms with Crippen molar-refractivity contribution in [3.8, 4) is 11.5 Å². The lowest BCUT2D eigenvalue weighted by molar-refractivity contribution is 0.262. The van der Waals surface area contributed by atoms with Gasteiger partial charge >= 0.3 is 26.3 Å². The fourth-order valence-electron chi connectivity index (χ4n) is 3.63. The first-order chi connectivity index (χ1) is 18.9. The molecule has 4 rings (SSSR count). The zero-order valence-electron chi connectivity index (χ0n) is 22.3. The second-order valence-corrected chi connectivity index (χ2v) is 12.2. The summed E-state index contributed by atoms with van der Waals surface area (Å²) in [6.45, 7) is 7.32. The molecule has 0 saturated heterocycles. The van der Waals surface area contributed by atoms with Crippen LogP contribution in [-0.2, 0) is 20.2 Å². The van der Waals surface area contributed by atoms with E-state index in [9.17, 15) is 21.6 Å². The predicted octanol–water partition coefficient (Wildman–Crippen LogP) is 6.10. The molecule has 0 heterocycles. The van der Waals surface area contributed by atoms with E-state index in [-0.39, 0.29) is 32.7 Å². The number of hydrogen-bond donors (Lipinski definition) is 2. The van der Waals surface area contributed by atoms with E-state index in [1.807, 2.05) is 13.8 Å². The summed E-state index contributed by atoms with van der Waals surface area (Å²) < 4.78 is 62.3. The van der Waals surface area contributed by atoms with Gasteiger partial charge in [-0.1, -0.05) is 36.4 Å². The Bertz CT molecular complexity index is 1670. The maximum absolute atomic E-state index is 12.9. The SMILES string of the molecule is Cc1ccc(S(=O)(=O)Oc2ccccc2NC(=O)Nc2ccccc2OS(=O)(=O)c2ccc(C)c(C)c2)cc1C. The molecule has 0 spiro atoms. The van der Waals surface area contributed by atoms with E-state index in [0.29, 0.717) is 0 Å². The van der Waals surface area contributed by atoms with Gasteiger partial charge < -0.3 is 19.0 Å². The van der Waals surface area contributed by atoms with Crippen LogP contribution in [0.5, 0.6) is 11.5 Å². The molecule has 0 atom stereocenters. The van der Waals surface area contributed by atoms with E-state index >= 15 is 0 Å². The number of nitrogens with one attached hydrogen (secondary N) is 2. The van der Waals surface area contributed by atoms with Gasteiger partial charge in [-0.15, -0.1) is 0 Å². The number of carbonyl (C=O) groups excluding carboxylic acids is 1. The minimum Gasteiger partial charge on any atom is -0.377 e. The third-order valence-electron chi connectivity index (χ3n) is 6.20. The molecular formula is C29H28N2O7S2. The molecule has 0 fully saturated rings. The summed E-state index contributed by atoms with van der Waals surface area (Å²) in [5, 5.41) is 5.09. The Labute approximate surface area is 234 Å². The molecule has 0 aliphatic rings. The molecule has 208 valence electrons. The van der Waals surface area contributed by atoms with Crippen molar-refractivity contribution < 1.29 is 30.0 Å². The van der Waals surface area contributed by atoms with Gasteiger partial charge in [0.25, 0.3) is 0 Å². The summed E-state index contributed by atoms with van der Waals surface area (Å²) in [4.78, 5) is 12.8. The second kappa shape index (κ2) is 11.4. The highest BCUT2D eigenvalue weighted by molar-refractivity contribution is 7.87. The monoisotopic (exact) mass is 580 g/mol. The summed E-state index contributed by atoms with van der Waals surface area (Å²) in [6.07, 6.45) is 0. The van der Waals surface area contributed by atoms with Crippen molar-refractivity contribution >= 4 is 37.6 Å². The summed E-state index contributed by atoms with van der Waals surface area (Å²) >= 11 is 0. The van der Waals surface area contributed by atoms with Crippen LogP contribution in [0.4, 0.5) is 16.2 Å². The molecule has 2 N–H and O–H groups in total. The molecule has 9 nitrogen and oxygen atoms in total. The van der Waals surface area contributed by atoms with Gasteiger partial charge in [0.15, 0.2) is 11.5 Å². The average molecular weight is 581 g/mol. The van der Waals surface area contributed by atoms with Gasteiger partial charge in [0.2, 0.25) is 0 Å². The number of amides is 2. The van der Waals surface area contributed by atoms with Gasteiger partial charge in [-0.05, 0) is 98.5 Å². The molecule has 0 aliphatic carbocycles. The molecule has 40 heavy (non-hydrogen) atoms. The second-order valence-electron chi connectivity index (χ2n) is 9.14. The Morgan fingerprint density at radius 1 is 0.550 bits per heavy atom. The molecule has 0 unspecified atom stereocenters. The number of carbonyl (C=O) groups is 1. The summed E-state index contributed by atoms with van der Waals surface area (Å²) in [5.41, 5.74) is 3.60. The molecule has 0 aromatic heterocycles. The first-order valence-electron chi connectivity index (χ1n) is 12.2. The summed E-state index contributed by atoms with van der Waals surface area (Å²) in [7, 11) is -8.37. The molecule has 0 bridgehead atoms. The number of para-hydroxylation sites is 4. The topological polar surface area (TPSA) is 128 Å². The molecule has 11 heteroatoms. The van der Waals surface area contributed by atoms with Gasteiger partial charge in [0.05, 0.1) is 11.4 Å². The van der Waals surface area contributed by atoms with Crippen LogP contribution < -0.4 is 19.0 Å². The van der Waals surface area contributed by atoms with Gasteiger partial charge in [0.1, 0.15) is 9.79 Å². The third kappa shape index (κ3) is 6.61. The predicted molar refractivity (Wildman–Crippen MR) is 153 cm³/mol. The van der Waals surface area contributed by atoms with Crippen LogP contribution in [0.2, 0.25) is 0 Å². The maximum atomic E-state index is 12.9. The van der Waals surface area contributed by atoms with Crippen molar-refractivity contribution in [3.63, 3.8) is 0 Å². The Hall–Kier alpha value is -4.35. The van der Waals surface area contributed by atoms with E-state index in [2.05, 4.69) is 10.6 Å². The van der Waals surface area contributed by atoms with E-state index in [1.165, 1.54) is 48.5 Å². The van der Waals surface area contributed by atoms with Crippen molar-refractivity contribution in [2.24, 2.45) is 0 Å². The fourth-order valence-corrected chi connectivity index (χ4v) is 5.70. The smallest absolute Gasteiger partial charge is 0.339 e. The van der Waals surface area contributed by atoms with Crippen molar-refractivity contribution in [2.75, 3.05) is 10.6 Å². The molecule has 4 aromatic carbocycles. The number of urea groups is 1.